The molecule has 0 aliphatic heterocycles. The monoisotopic (exact) mass is 225 g/mol. The summed E-state index contributed by atoms with van der Waals surface area (Å²) in [7, 11) is 1.98. The molecule has 14 heavy (non-hydrogen) atoms. The second kappa shape index (κ2) is 7.37. The van der Waals surface area contributed by atoms with Crippen LogP contribution in [-0.4, -0.2) is 45.9 Å². The molecular weight excluding hydrogens is 205 g/mol. The van der Waals surface area contributed by atoms with Gasteiger partial charge in [-0.05, 0) is 34.0 Å². The highest BCUT2D eigenvalue weighted by Crippen LogP contribution is 2.48. The van der Waals surface area contributed by atoms with Crippen molar-refractivity contribution in [3.05, 3.63) is 0 Å². The van der Waals surface area contributed by atoms with Crippen LogP contribution in [0.1, 0.15) is 13.3 Å². The summed E-state index contributed by atoms with van der Waals surface area (Å²) in [5, 5.41) is 0. The summed E-state index contributed by atoms with van der Waals surface area (Å²) in [6.07, 6.45) is 0.799. The Hall–Kier alpha value is 0.0700. The molecule has 0 aromatic heterocycles. The van der Waals surface area contributed by atoms with E-state index < -0.39 is 7.82 Å². The molecule has 0 aliphatic rings. The second-order valence-electron chi connectivity index (χ2n) is 3.04. The Morgan fingerprint density at radius 1 is 1.29 bits per heavy atom. The summed E-state index contributed by atoms with van der Waals surface area (Å²) in [6, 6.07) is 0. The van der Waals surface area contributed by atoms with Gasteiger partial charge in [0.2, 0.25) is 0 Å². The van der Waals surface area contributed by atoms with E-state index in [0.29, 0.717) is 13.2 Å². The maximum absolute atomic E-state index is 11.5. The Labute approximate surface area is 85.9 Å². The van der Waals surface area contributed by atoms with Gasteiger partial charge < -0.3 is 4.90 Å². The molecule has 86 valence electrons. The van der Waals surface area contributed by atoms with Crippen LogP contribution in [0.25, 0.3) is 0 Å². The molecule has 0 aliphatic carbocycles. The molecule has 0 rings (SSSR count). The summed E-state index contributed by atoms with van der Waals surface area (Å²) < 4.78 is 26.2. The molecule has 6 heteroatoms. The molecule has 0 saturated carbocycles. The molecule has 0 amide bonds. The zero-order valence-electron chi connectivity index (χ0n) is 9.36. The number of phosphoric ester groups is 1. The fourth-order valence-electron chi connectivity index (χ4n) is 0.858. The average molecular weight is 225 g/mol. The molecule has 0 N–H and O–H groups in total. The lowest BCUT2D eigenvalue weighted by Gasteiger charge is -2.15. The Kier molecular flexibility index (Phi) is 7.41. The van der Waals surface area contributed by atoms with Crippen LogP contribution in [-0.2, 0) is 18.1 Å². The van der Waals surface area contributed by atoms with Gasteiger partial charge in [-0.2, -0.15) is 0 Å². The van der Waals surface area contributed by atoms with Gasteiger partial charge in [0.1, 0.15) is 0 Å². The molecule has 0 radical (unpaired) electrons. The zero-order valence-corrected chi connectivity index (χ0v) is 10.3. The van der Waals surface area contributed by atoms with E-state index in [1.54, 1.807) is 6.92 Å². The second-order valence-corrected chi connectivity index (χ2v) is 4.81. The van der Waals surface area contributed by atoms with Gasteiger partial charge in [-0.25, -0.2) is 4.57 Å². The first-order chi connectivity index (χ1) is 6.54. The van der Waals surface area contributed by atoms with E-state index in [1.807, 2.05) is 19.0 Å². The first-order valence-electron chi connectivity index (χ1n) is 4.63. The lowest BCUT2D eigenvalue weighted by Crippen LogP contribution is -2.14. The predicted molar refractivity (Wildman–Crippen MR) is 55.4 cm³/mol. The predicted octanol–water partition coefficient (Wildman–Crippen LogP) is 1.75. The topological polar surface area (TPSA) is 48.0 Å². The summed E-state index contributed by atoms with van der Waals surface area (Å²) in [5.41, 5.74) is 0. The molecule has 0 saturated heterocycles. The number of hydrogen-bond acceptors (Lipinski definition) is 5. The number of nitrogens with zero attached hydrogens (tertiary/aromatic N) is 1. The Morgan fingerprint density at radius 2 is 1.93 bits per heavy atom. The van der Waals surface area contributed by atoms with Gasteiger partial charge in [0.25, 0.3) is 0 Å². The van der Waals surface area contributed by atoms with Crippen molar-refractivity contribution in [1.82, 2.24) is 4.90 Å². The largest absolute Gasteiger partial charge is 0.474 e. The molecule has 0 spiro atoms. The van der Waals surface area contributed by atoms with E-state index in [4.69, 9.17) is 9.05 Å². The van der Waals surface area contributed by atoms with Crippen LogP contribution in [0.3, 0.4) is 0 Å². The summed E-state index contributed by atoms with van der Waals surface area (Å²) in [4.78, 5) is 2.03. The van der Waals surface area contributed by atoms with E-state index in [9.17, 15) is 4.57 Å². The lowest BCUT2D eigenvalue weighted by molar-refractivity contribution is 0.132. The Balaban J connectivity index is 3.67. The van der Waals surface area contributed by atoms with Crippen LogP contribution in [0.15, 0.2) is 0 Å². The van der Waals surface area contributed by atoms with Gasteiger partial charge >= 0.3 is 7.82 Å². The SMILES string of the molecule is CCOP(=O)(OC)OCCCN(C)C. The molecule has 0 aromatic carbocycles. The minimum absolute atomic E-state index is 0.318. The maximum Gasteiger partial charge on any atom is 0.474 e. The van der Waals surface area contributed by atoms with E-state index in [0.717, 1.165) is 13.0 Å². The van der Waals surface area contributed by atoms with Crippen LogP contribution in [0.4, 0.5) is 0 Å². The summed E-state index contributed by atoms with van der Waals surface area (Å²) in [5.74, 6) is 0. The summed E-state index contributed by atoms with van der Waals surface area (Å²) >= 11 is 0. The Morgan fingerprint density at radius 3 is 2.36 bits per heavy atom. The van der Waals surface area contributed by atoms with Crippen molar-refractivity contribution in [2.24, 2.45) is 0 Å². The van der Waals surface area contributed by atoms with Crippen LogP contribution in [0.5, 0.6) is 0 Å². The Bertz CT molecular complexity index is 186. The third kappa shape index (κ3) is 6.51. The highest BCUT2D eigenvalue weighted by atomic mass is 31.2. The van der Waals surface area contributed by atoms with Crippen LogP contribution in [0, 0.1) is 0 Å². The van der Waals surface area contributed by atoms with Gasteiger partial charge in [0, 0.05) is 7.11 Å². The van der Waals surface area contributed by atoms with Crippen LogP contribution in [0.2, 0.25) is 0 Å². The minimum Gasteiger partial charge on any atom is -0.309 e. The van der Waals surface area contributed by atoms with Gasteiger partial charge in [-0.1, -0.05) is 0 Å². The van der Waals surface area contributed by atoms with Crippen molar-refractivity contribution < 1.29 is 18.1 Å². The van der Waals surface area contributed by atoms with Gasteiger partial charge in [0.05, 0.1) is 13.2 Å². The number of phosphoric acid groups is 1. The van der Waals surface area contributed by atoms with Crippen molar-refractivity contribution in [3.63, 3.8) is 0 Å². The standard InChI is InChI=1S/C8H20NO4P/c1-5-12-14(10,11-4)13-8-6-7-9(2)3/h5-8H2,1-4H3. The lowest BCUT2D eigenvalue weighted by atomic mass is 10.4. The zero-order chi connectivity index (χ0) is 11.0. The molecule has 5 nitrogen and oxygen atoms in total. The van der Waals surface area contributed by atoms with E-state index in [-0.39, 0.29) is 0 Å². The first-order valence-corrected chi connectivity index (χ1v) is 6.09. The molecule has 0 bridgehead atoms. The average Bonchev–Trinajstić information content (AvgIpc) is 2.13. The van der Waals surface area contributed by atoms with E-state index >= 15 is 0 Å². The quantitative estimate of drug-likeness (QED) is 0.465. The van der Waals surface area contributed by atoms with Gasteiger partial charge in [-0.3, -0.25) is 13.6 Å². The van der Waals surface area contributed by atoms with Crippen LogP contribution < -0.4 is 0 Å². The fraction of sp³-hybridized carbons (Fsp3) is 1.00. The molecule has 0 heterocycles. The van der Waals surface area contributed by atoms with Crippen LogP contribution >= 0.6 is 7.82 Å². The summed E-state index contributed by atoms with van der Waals surface area (Å²) in [6.45, 7) is 3.33. The molecule has 1 atom stereocenters. The molecule has 0 aromatic rings. The maximum atomic E-state index is 11.5. The minimum atomic E-state index is -3.28. The van der Waals surface area contributed by atoms with Crippen molar-refractivity contribution in [1.29, 1.82) is 0 Å². The third-order valence-electron chi connectivity index (χ3n) is 1.51. The molecule has 0 fully saturated rings. The van der Waals surface area contributed by atoms with Gasteiger partial charge in [0.15, 0.2) is 0 Å². The third-order valence-corrected chi connectivity index (χ3v) is 3.03. The molecule has 1 unspecified atom stereocenters. The van der Waals surface area contributed by atoms with Gasteiger partial charge in [-0.15, -0.1) is 0 Å². The highest BCUT2D eigenvalue weighted by Gasteiger charge is 2.23. The first kappa shape index (κ1) is 14.1. The van der Waals surface area contributed by atoms with Crippen molar-refractivity contribution in [3.8, 4) is 0 Å². The van der Waals surface area contributed by atoms with E-state index in [2.05, 4.69) is 4.52 Å². The van der Waals surface area contributed by atoms with E-state index in [1.165, 1.54) is 7.11 Å². The van der Waals surface area contributed by atoms with Crippen molar-refractivity contribution in [2.45, 2.75) is 13.3 Å². The van der Waals surface area contributed by atoms with Crippen molar-refractivity contribution in [2.75, 3.05) is 41.0 Å². The smallest absolute Gasteiger partial charge is 0.309 e. The number of rotatable bonds is 8. The molecular formula is C8H20NO4P. The highest BCUT2D eigenvalue weighted by molar-refractivity contribution is 7.48. The normalized spacial score (nSPS) is 15.8. The fourth-order valence-corrected chi connectivity index (χ4v) is 1.81. The number of hydrogen-bond donors (Lipinski definition) is 0. The van der Waals surface area contributed by atoms with Crippen molar-refractivity contribution >= 4 is 7.82 Å².